The van der Waals surface area contributed by atoms with Crippen LogP contribution in [0.3, 0.4) is 0 Å². The quantitative estimate of drug-likeness (QED) is 0.538. The first-order chi connectivity index (χ1) is 13.0. The molecule has 0 unspecified atom stereocenters. The predicted octanol–water partition coefficient (Wildman–Crippen LogP) is 5.40. The molecule has 0 saturated carbocycles. The molecule has 27 heavy (non-hydrogen) atoms. The molecule has 3 nitrogen and oxygen atoms in total. The van der Waals surface area contributed by atoms with Crippen molar-refractivity contribution in [3.8, 4) is 11.5 Å². The van der Waals surface area contributed by atoms with Gasteiger partial charge in [0, 0.05) is 18.2 Å². The monoisotopic (exact) mass is 369 g/mol. The number of aryl methyl sites for hydroxylation is 1. The summed E-state index contributed by atoms with van der Waals surface area (Å²) in [5.41, 5.74) is 3.93. The van der Waals surface area contributed by atoms with E-state index in [9.17, 15) is 0 Å². The van der Waals surface area contributed by atoms with Crippen molar-refractivity contribution in [2.75, 3.05) is 19.8 Å². The van der Waals surface area contributed by atoms with E-state index in [1.54, 1.807) is 0 Å². The summed E-state index contributed by atoms with van der Waals surface area (Å²) >= 11 is 0. The highest BCUT2D eigenvalue weighted by Gasteiger charge is 2.08. The Balaban J connectivity index is 1.95. The van der Waals surface area contributed by atoms with Crippen LogP contribution in [0.5, 0.6) is 11.5 Å². The fourth-order valence-electron chi connectivity index (χ4n) is 2.76. The second-order valence-corrected chi connectivity index (χ2v) is 8.03. The summed E-state index contributed by atoms with van der Waals surface area (Å²) in [6.07, 6.45) is 1.03. The number of nitrogens with one attached hydrogen (secondary N) is 1. The maximum atomic E-state index is 6.06. The predicted molar refractivity (Wildman–Crippen MR) is 114 cm³/mol. The van der Waals surface area contributed by atoms with Crippen molar-refractivity contribution in [2.24, 2.45) is 11.8 Å². The normalized spacial score (nSPS) is 11.2. The third-order valence-corrected chi connectivity index (χ3v) is 4.34. The lowest BCUT2D eigenvalue weighted by Gasteiger charge is -2.16. The average molecular weight is 370 g/mol. The van der Waals surface area contributed by atoms with E-state index in [0.717, 1.165) is 37.6 Å². The van der Waals surface area contributed by atoms with Crippen molar-refractivity contribution in [1.29, 1.82) is 0 Å². The van der Waals surface area contributed by atoms with Gasteiger partial charge in [0.1, 0.15) is 11.5 Å². The van der Waals surface area contributed by atoms with Crippen molar-refractivity contribution < 1.29 is 9.47 Å². The van der Waals surface area contributed by atoms with Crippen LogP contribution in [-0.2, 0) is 13.0 Å². The van der Waals surface area contributed by atoms with Gasteiger partial charge in [-0.15, -0.1) is 0 Å². The minimum Gasteiger partial charge on any atom is -0.493 e. The molecule has 148 valence electrons. The largest absolute Gasteiger partial charge is 0.493 e. The van der Waals surface area contributed by atoms with E-state index in [4.69, 9.17) is 9.47 Å². The molecule has 2 rings (SSSR count). The van der Waals surface area contributed by atoms with E-state index in [0.29, 0.717) is 18.4 Å². The zero-order valence-electron chi connectivity index (χ0n) is 17.5. The van der Waals surface area contributed by atoms with Gasteiger partial charge in [0.2, 0.25) is 0 Å². The van der Waals surface area contributed by atoms with Crippen LogP contribution in [0.25, 0.3) is 0 Å². The Morgan fingerprint density at radius 2 is 1.56 bits per heavy atom. The minimum atomic E-state index is 0.493. The lowest BCUT2D eigenvalue weighted by molar-refractivity contribution is 0.256. The molecule has 3 heteroatoms. The summed E-state index contributed by atoms with van der Waals surface area (Å²) in [7, 11) is 0. The van der Waals surface area contributed by atoms with Crippen LogP contribution in [0.15, 0.2) is 42.5 Å². The van der Waals surface area contributed by atoms with Gasteiger partial charge in [-0.25, -0.2) is 0 Å². The molecule has 2 aromatic rings. The molecule has 0 saturated heterocycles. The topological polar surface area (TPSA) is 30.5 Å². The molecule has 0 aromatic heterocycles. The molecular weight excluding hydrogens is 334 g/mol. The second-order valence-electron chi connectivity index (χ2n) is 8.03. The molecule has 0 atom stereocenters. The molecule has 1 N–H and O–H groups in total. The Kier molecular flexibility index (Phi) is 8.66. The summed E-state index contributed by atoms with van der Waals surface area (Å²) < 4.78 is 11.9. The van der Waals surface area contributed by atoms with Crippen molar-refractivity contribution in [3.63, 3.8) is 0 Å². The standard InChI is InChI=1S/C24H35NO2/c1-18(2)16-26-23-11-10-22(24(14-23)27-17-19(3)4)15-25-13-12-21-9-7-6-8-20(21)5/h6-11,14,18-19,25H,12-13,15-17H2,1-5H3. The SMILES string of the molecule is Cc1ccccc1CCNCc1ccc(OCC(C)C)cc1OCC(C)C. The van der Waals surface area contributed by atoms with Crippen LogP contribution in [-0.4, -0.2) is 19.8 Å². The molecule has 0 heterocycles. The van der Waals surface area contributed by atoms with E-state index in [-0.39, 0.29) is 0 Å². The Morgan fingerprint density at radius 1 is 0.852 bits per heavy atom. The van der Waals surface area contributed by atoms with Crippen LogP contribution in [0.2, 0.25) is 0 Å². The maximum absolute atomic E-state index is 6.06. The molecule has 0 aliphatic carbocycles. The Bertz CT molecular complexity index is 695. The molecule has 0 amide bonds. The van der Waals surface area contributed by atoms with Crippen LogP contribution in [0.4, 0.5) is 0 Å². The van der Waals surface area contributed by atoms with Crippen LogP contribution in [0.1, 0.15) is 44.4 Å². The van der Waals surface area contributed by atoms with Gasteiger partial charge in [-0.05, 0) is 48.9 Å². The van der Waals surface area contributed by atoms with Crippen molar-refractivity contribution in [1.82, 2.24) is 5.32 Å². The Morgan fingerprint density at radius 3 is 2.26 bits per heavy atom. The van der Waals surface area contributed by atoms with E-state index in [1.807, 2.05) is 12.1 Å². The first-order valence-electron chi connectivity index (χ1n) is 10.1. The van der Waals surface area contributed by atoms with E-state index >= 15 is 0 Å². The summed E-state index contributed by atoms with van der Waals surface area (Å²) in [6, 6.07) is 14.8. The van der Waals surface area contributed by atoms with Gasteiger partial charge in [-0.3, -0.25) is 0 Å². The van der Waals surface area contributed by atoms with Crippen molar-refractivity contribution in [3.05, 3.63) is 59.2 Å². The fraction of sp³-hybridized carbons (Fsp3) is 0.500. The fourth-order valence-corrected chi connectivity index (χ4v) is 2.76. The number of hydrogen-bond acceptors (Lipinski definition) is 3. The van der Waals surface area contributed by atoms with Crippen molar-refractivity contribution >= 4 is 0 Å². The highest BCUT2D eigenvalue weighted by molar-refractivity contribution is 5.41. The number of ether oxygens (including phenoxy) is 2. The lowest BCUT2D eigenvalue weighted by atomic mass is 10.1. The average Bonchev–Trinajstić information content (AvgIpc) is 2.64. The molecular formula is C24H35NO2. The van der Waals surface area contributed by atoms with Crippen molar-refractivity contribution in [2.45, 2.75) is 47.6 Å². The highest BCUT2D eigenvalue weighted by atomic mass is 16.5. The van der Waals surface area contributed by atoms with Gasteiger partial charge in [-0.1, -0.05) is 58.0 Å². The van der Waals surface area contributed by atoms with Gasteiger partial charge in [0.15, 0.2) is 0 Å². The van der Waals surface area contributed by atoms with Gasteiger partial charge in [0.05, 0.1) is 13.2 Å². The summed E-state index contributed by atoms with van der Waals surface area (Å²) in [4.78, 5) is 0. The Labute approximate surface area is 165 Å². The van der Waals surface area contributed by atoms with Gasteiger partial charge in [0.25, 0.3) is 0 Å². The third-order valence-electron chi connectivity index (χ3n) is 4.34. The zero-order valence-corrected chi connectivity index (χ0v) is 17.5. The Hall–Kier alpha value is -2.00. The first-order valence-corrected chi connectivity index (χ1v) is 10.1. The van der Waals surface area contributed by atoms with Gasteiger partial charge < -0.3 is 14.8 Å². The number of hydrogen-bond donors (Lipinski definition) is 1. The van der Waals surface area contributed by atoms with E-state index < -0.39 is 0 Å². The number of benzene rings is 2. The molecule has 0 radical (unpaired) electrons. The van der Waals surface area contributed by atoms with E-state index in [1.165, 1.54) is 16.7 Å². The molecule has 0 fully saturated rings. The van der Waals surface area contributed by atoms with Gasteiger partial charge >= 0.3 is 0 Å². The minimum absolute atomic E-state index is 0.493. The maximum Gasteiger partial charge on any atom is 0.127 e. The van der Waals surface area contributed by atoms with Gasteiger partial charge in [-0.2, -0.15) is 0 Å². The van der Waals surface area contributed by atoms with Crippen LogP contribution in [0, 0.1) is 18.8 Å². The molecule has 0 bridgehead atoms. The first kappa shape index (κ1) is 21.3. The lowest BCUT2D eigenvalue weighted by Crippen LogP contribution is -2.18. The van der Waals surface area contributed by atoms with E-state index in [2.05, 4.69) is 70.3 Å². The smallest absolute Gasteiger partial charge is 0.127 e. The molecule has 0 aliphatic heterocycles. The molecule has 0 aliphatic rings. The number of rotatable bonds is 11. The third kappa shape index (κ3) is 7.64. The highest BCUT2D eigenvalue weighted by Crippen LogP contribution is 2.26. The summed E-state index contributed by atoms with van der Waals surface area (Å²) in [6.45, 7) is 14.0. The zero-order chi connectivity index (χ0) is 19.6. The van der Waals surface area contributed by atoms with Crippen LogP contribution < -0.4 is 14.8 Å². The second kappa shape index (κ2) is 11.0. The molecule has 0 spiro atoms. The molecule has 2 aromatic carbocycles. The van der Waals surface area contributed by atoms with Crippen LogP contribution >= 0.6 is 0 Å². The summed E-state index contributed by atoms with van der Waals surface area (Å²) in [5.74, 6) is 2.80. The summed E-state index contributed by atoms with van der Waals surface area (Å²) in [5, 5.41) is 3.55.